The van der Waals surface area contributed by atoms with Crippen LogP contribution in [0.3, 0.4) is 0 Å². The molecule has 0 aliphatic heterocycles. The van der Waals surface area contributed by atoms with Gasteiger partial charge in [0, 0.05) is 11.1 Å². The van der Waals surface area contributed by atoms with E-state index in [4.69, 9.17) is 11.6 Å². The van der Waals surface area contributed by atoms with Gasteiger partial charge in [0.2, 0.25) is 0 Å². The van der Waals surface area contributed by atoms with Gasteiger partial charge in [0.15, 0.2) is 0 Å². The summed E-state index contributed by atoms with van der Waals surface area (Å²) in [6.07, 6.45) is 2.35. The smallest absolute Gasteiger partial charge is 0.123 e. The van der Waals surface area contributed by atoms with Crippen LogP contribution in [0, 0.1) is 5.82 Å². The predicted molar refractivity (Wildman–Crippen MR) is 71.4 cm³/mol. The van der Waals surface area contributed by atoms with Gasteiger partial charge in [-0.1, -0.05) is 23.0 Å². The zero-order valence-electron chi connectivity index (χ0n) is 9.86. The number of hydrogen-bond acceptors (Lipinski definition) is 4. The molecule has 1 unspecified atom stereocenters. The molecule has 1 heterocycles. The molecule has 0 saturated carbocycles. The maximum absolute atomic E-state index is 13.2. The normalized spacial score (nSPS) is 12.6. The molecule has 0 bridgehead atoms. The third-order valence-electron chi connectivity index (χ3n) is 2.60. The largest absolute Gasteiger partial charge is 0.309 e. The second-order valence-electron chi connectivity index (χ2n) is 3.87. The summed E-state index contributed by atoms with van der Waals surface area (Å²) in [6, 6.07) is 4.48. The van der Waals surface area contributed by atoms with Gasteiger partial charge in [-0.2, -0.15) is 0 Å². The number of halogens is 2. The summed E-state index contributed by atoms with van der Waals surface area (Å²) in [5.74, 6) is -0.271. The summed E-state index contributed by atoms with van der Waals surface area (Å²) >= 11 is 7.42. The van der Waals surface area contributed by atoms with Gasteiger partial charge in [-0.25, -0.2) is 4.39 Å². The van der Waals surface area contributed by atoms with Crippen molar-refractivity contribution in [1.29, 1.82) is 0 Å². The van der Waals surface area contributed by atoms with Crippen molar-refractivity contribution in [3.8, 4) is 0 Å². The first-order chi connectivity index (χ1) is 8.70. The second-order valence-corrected chi connectivity index (χ2v) is 5.09. The SMILES string of the molecule is CCNC(Cc1cc(F)ccc1Cl)c1cnns1. The molecule has 0 spiro atoms. The van der Waals surface area contributed by atoms with Crippen LogP contribution in [0.5, 0.6) is 0 Å². The van der Waals surface area contributed by atoms with Crippen LogP contribution in [0.4, 0.5) is 4.39 Å². The first kappa shape index (κ1) is 13.4. The van der Waals surface area contributed by atoms with Gasteiger partial charge in [-0.05, 0) is 48.3 Å². The van der Waals surface area contributed by atoms with Crippen LogP contribution in [0.1, 0.15) is 23.4 Å². The fraction of sp³-hybridized carbons (Fsp3) is 0.333. The zero-order chi connectivity index (χ0) is 13.0. The monoisotopic (exact) mass is 285 g/mol. The van der Waals surface area contributed by atoms with Crippen molar-refractivity contribution in [3.63, 3.8) is 0 Å². The molecule has 6 heteroatoms. The van der Waals surface area contributed by atoms with Crippen LogP contribution in [0.2, 0.25) is 5.02 Å². The predicted octanol–water partition coefficient (Wildman–Crippen LogP) is 3.22. The lowest BCUT2D eigenvalue weighted by Crippen LogP contribution is -2.22. The van der Waals surface area contributed by atoms with Crippen LogP contribution in [-0.4, -0.2) is 16.1 Å². The molecule has 1 atom stereocenters. The van der Waals surface area contributed by atoms with Gasteiger partial charge in [-0.15, -0.1) is 5.10 Å². The maximum Gasteiger partial charge on any atom is 0.123 e. The van der Waals surface area contributed by atoms with Crippen molar-refractivity contribution in [2.24, 2.45) is 0 Å². The molecule has 1 aromatic heterocycles. The number of likely N-dealkylation sites (N-methyl/N-ethyl adjacent to an activating group) is 1. The summed E-state index contributed by atoms with van der Waals surface area (Å²) in [5.41, 5.74) is 0.788. The van der Waals surface area contributed by atoms with Crippen LogP contribution in [0.25, 0.3) is 0 Å². The van der Waals surface area contributed by atoms with E-state index in [9.17, 15) is 4.39 Å². The van der Waals surface area contributed by atoms with E-state index in [0.717, 1.165) is 17.0 Å². The third kappa shape index (κ3) is 3.25. The van der Waals surface area contributed by atoms with E-state index in [-0.39, 0.29) is 11.9 Å². The van der Waals surface area contributed by atoms with Crippen molar-refractivity contribution in [2.75, 3.05) is 6.54 Å². The van der Waals surface area contributed by atoms with Crippen LogP contribution >= 0.6 is 23.1 Å². The molecule has 1 aromatic carbocycles. The van der Waals surface area contributed by atoms with Crippen molar-refractivity contribution in [1.82, 2.24) is 14.9 Å². The third-order valence-corrected chi connectivity index (χ3v) is 3.75. The van der Waals surface area contributed by atoms with Gasteiger partial charge in [0.25, 0.3) is 0 Å². The molecule has 0 saturated heterocycles. The minimum atomic E-state index is -0.271. The Morgan fingerprint density at radius 1 is 1.50 bits per heavy atom. The lowest BCUT2D eigenvalue weighted by Gasteiger charge is -2.16. The highest BCUT2D eigenvalue weighted by molar-refractivity contribution is 7.05. The molecule has 0 fully saturated rings. The first-order valence-electron chi connectivity index (χ1n) is 5.65. The lowest BCUT2D eigenvalue weighted by atomic mass is 10.0. The van der Waals surface area contributed by atoms with E-state index >= 15 is 0 Å². The second kappa shape index (κ2) is 6.22. The Balaban J connectivity index is 2.21. The highest BCUT2D eigenvalue weighted by Crippen LogP contribution is 2.25. The summed E-state index contributed by atoms with van der Waals surface area (Å²) in [6.45, 7) is 2.84. The molecule has 2 rings (SSSR count). The fourth-order valence-corrected chi connectivity index (χ4v) is 2.54. The Morgan fingerprint density at radius 3 is 3.00 bits per heavy atom. The van der Waals surface area contributed by atoms with Crippen molar-refractivity contribution < 1.29 is 4.39 Å². The van der Waals surface area contributed by atoms with Crippen LogP contribution in [0.15, 0.2) is 24.4 Å². The zero-order valence-corrected chi connectivity index (χ0v) is 11.4. The van der Waals surface area contributed by atoms with E-state index < -0.39 is 0 Å². The molecule has 2 aromatic rings. The summed E-state index contributed by atoms with van der Waals surface area (Å²) in [4.78, 5) is 1.03. The fourth-order valence-electron chi connectivity index (χ4n) is 1.77. The Morgan fingerprint density at radius 2 is 2.33 bits per heavy atom. The van der Waals surface area contributed by atoms with Gasteiger partial charge in [-0.3, -0.25) is 0 Å². The molecule has 1 N–H and O–H groups in total. The number of rotatable bonds is 5. The van der Waals surface area contributed by atoms with E-state index in [0.29, 0.717) is 11.4 Å². The molecule has 0 amide bonds. The first-order valence-corrected chi connectivity index (χ1v) is 6.80. The lowest BCUT2D eigenvalue weighted by molar-refractivity contribution is 0.554. The average Bonchev–Trinajstić information content (AvgIpc) is 2.87. The van der Waals surface area contributed by atoms with Crippen LogP contribution in [-0.2, 0) is 6.42 Å². The quantitative estimate of drug-likeness (QED) is 0.916. The summed E-state index contributed by atoms with van der Waals surface area (Å²) in [7, 11) is 0. The van der Waals surface area contributed by atoms with E-state index in [1.165, 1.54) is 23.7 Å². The van der Waals surface area contributed by atoms with Gasteiger partial charge in [0.1, 0.15) is 5.82 Å². The van der Waals surface area contributed by atoms with Gasteiger partial charge >= 0.3 is 0 Å². The summed E-state index contributed by atoms with van der Waals surface area (Å²) < 4.78 is 17.1. The van der Waals surface area contributed by atoms with Crippen molar-refractivity contribution in [2.45, 2.75) is 19.4 Å². The number of aromatic nitrogens is 2. The van der Waals surface area contributed by atoms with Gasteiger partial charge < -0.3 is 5.32 Å². The highest BCUT2D eigenvalue weighted by atomic mass is 35.5. The highest BCUT2D eigenvalue weighted by Gasteiger charge is 2.15. The Labute approximate surface area is 114 Å². The Bertz CT molecular complexity index is 504. The molecule has 0 radical (unpaired) electrons. The summed E-state index contributed by atoms with van der Waals surface area (Å²) in [5, 5.41) is 7.74. The standard InChI is InChI=1S/C12H13ClFN3S/c1-2-15-11(12-7-16-17-18-12)6-8-5-9(14)3-4-10(8)13/h3-5,7,11,15H,2,6H2,1H3. The minimum Gasteiger partial charge on any atom is -0.309 e. The van der Waals surface area contributed by atoms with Crippen molar-refractivity contribution >= 4 is 23.1 Å². The number of nitrogens with one attached hydrogen (secondary N) is 1. The average molecular weight is 286 g/mol. The molecular formula is C12H13ClFN3S. The number of benzene rings is 1. The molecule has 3 nitrogen and oxygen atoms in total. The molecule has 0 aliphatic carbocycles. The topological polar surface area (TPSA) is 37.8 Å². The molecular weight excluding hydrogens is 273 g/mol. The van der Waals surface area contributed by atoms with Crippen LogP contribution < -0.4 is 5.32 Å². The number of nitrogens with zero attached hydrogens (tertiary/aromatic N) is 2. The van der Waals surface area contributed by atoms with E-state index in [1.807, 2.05) is 6.92 Å². The number of hydrogen-bond donors (Lipinski definition) is 1. The Hall–Kier alpha value is -1.04. The van der Waals surface area contributed by atoms with Gasteiger partial charge in [0.05, 0.1) is 11.1 Å². The molecule has 18 heavy (non-hydrogen) atoms. The van der Waals surface area contributed by atoms with E-state index in [1.54, 1.807) is 12.3 Å². The van der Waals surface area contributed by atoms with Crippen molar-refractivity contribution in [3.05, 3.63) is 45.7 Å². The molecule has 0 aliphatic rings. The maximum atomic E-state index is 13.2. The van der Waals surface area contributed by atoms with E-state index in [2.05, 4.69) is 14.9 Å². The minimum absolute atomic E-state index is 0.0642. The Kier molecular flexibility index (Phi) is 4.63. The molecule has 96 valence electrons.